The van der Waals surface area contributed by atoms with Gasteiger partial charge in [-0.15, -0.1) is 0 Å². The molecular formula is C40H53FN4O5. The number of aromatic nitrogens is 1. The maximum Gasteiger partial charge on any atom is 0.337 e. The second-order valence-corrected chi connectivity index (χ2v) is 15.5. The number of carbonyl (C=O) groups is 2. The van der Waals surface area contributed by atoms with Gasteiger partial charge in [0.05, 0.1) is 17.9 Å². The minimum absolute atomic E-state index is 0.0799. The highest BCUT2D eigenvalue weighted by Gasteiger charge is 2.37. The quantitative estimate of drug-likeness (QED) is 0.210. The van der Waals surface area contributed by atoms with E-state index >= 15 is 0 Å². The number of carboxylic acid groups (broad SMARTS) is 1. The Hall–Kier alpha value is -4.18. The number of amides is 1. The molecule has 0 radical (unpaired) electrons. The van der Waals surface area contributed by atoms with Crippen LogP contribution in [0, 0.1) is 18.2 Å². The number of likely N-dealkylation sites (tertiary alicyclic amines) is 1. The van der Waals surface area contributed by atoms with Crippen LogP contribution in [0.4, 0.5) is 15.9 Å². The Morgan fingerprint density at radius 1 is 1.02 bits per heavy atom. The molecule has 9 nitrogen and oxygen atoms in total. The SMILES string of the molecule is CC(=O)N1CCC(Nc2nc(C)c(C(OC(C)(C)C)C(=O)O)c(N3CCC(C)(C)CC3)c2-c2ccc(OCCc3ccc(F)cc3)cc2)CC1. The van der Waals surface area contributed by atoms with Crippen molar-refractivity contribution in [1.29, 1.82) is 0 Å². The lowest BCUT2D eigenvalue weighted by Crippen LogP contribution is -2.42. The molecule has 50 heavy (non-hydrogen) atoms. The molecule has 3 heterocycles. The first-order valence-corrected chi connectivity index (χ1v) is 17.8. The van der Waals surface area contributed by atoms with Gasteiger partial charge >= 0.3 is 5.97 Å². The Morgan fingerprint density at radius 2 is 1.64 bits per heavy atom. The van der Waals surface area contributed by atoms with Crippen LogP contribution in [0.15, 0.2) is 48.5 Å². The molecule has 2 fully saturated rings. The smallest absolute Gasteiger partial charge is 0.337 e. The Balaban J connectivity index is 1.58. The summed E-state index contributed by atoms with van der Waals surface area (Å²) in [7, 11) is 0. The van der Waals surface area contributed by atoms with Crippen molar-refractivity contribution in [1.82, 2.24) is 9.88 Å². The standard InChI is InChI=1S/C40H53FN4O5/c1-26-33(36(38(47)48)50-39(3,4)5)35(45-23-19-40(6,7)20-24-45)34(37(42-26)43-31-16-21-44(22-17-31)27(2)46)29-10-14-32(15-11-29)49-25-18-28-8-12-30(41)13-9-28/h8-15,31,36H,16-25H2,1-7H3,(H,42,43)(H,47,48). The number of piperidine rings is 2. The predicted octanol–water partition coefficient (Wildman–Crippen LogP) is 7.81. The number of nitrogens with one attached hydrogen (secondary N) is 1. The minimum atomic E-state index is -1.23. The van der Waals surface area contributed by atoms with E-state index in [0.717, 1.165) is 61.2 Å². The fraction of sp³-hybridized carbons (Fsp3) is 0.525. The third-order valence-corrected chi connectivity index (χ3v) is 9.79. The number of carboxylic acids is 1. The molecule has 2 aliphatic heterocycles. The minimum Gasteiger partial charge on any atom is -0.493 e. The molecule has 0 bridgehead atoms. The Morgan fingerprint density at radius 3 is 2.20 bits per heavy atom. The van der Waals surface area contributed by atoms with E-state index in [1.54, 1.807) is 19.1 Å². The molecule has 2 saturated heterocycles. The molecule has 3 aromatic rings. The van der Waals surface area contributed by atoms with E-state index < -0.39 is 17.7 Å². The summed E-state index contributed by atoms with van der Waals surface area (Å²) in [6.07, 6.45) is 2.88. The number of hydrogen-bond donors (Lipinski definition) is 2. The Labute approximate surface area is 296 Å². The van der Waals surface area contributed by atoms with Crippen LogP contribution in [0.2, 0.25) is 0 Å². The average molecular weight is 689 g/mol. The molecule has 0 aliphatic carbocycles. The van der Waals surface area contributed by atoms with Gasteiger partial charge in [-0.1, -0.05) is 38.1 Å². The summed E-state index contributed by atoms with van der Waals surface area (Å²) in [5.74, 6) is 0.148. The lowest BCUT2D eigenvalue weighted by molar-refractivity contribution is -0.160. The number of pyridine rings is 1. The molecule has 5 rings (SSSR count). The number of ether oxygens (including phenoxy) is 2. The Kier molecular flexibility index (Phi) is 11.4. The number of rotatable bonds is 11. The van der Waals surface area contributed by atoms with Gasteiger partial charge in [-0.2, -0.15) is 0 Å². The van der Waals surface area contributed by atoms with Gasteiger partial charge in [-0.3, -0.25) is 4.79 Å². The van der Waals surface area contributed by atoms with E-state index in [2.05, 4.69) is 24.1 Å². The number of benzene rings is 2. The van der Waals surface area contributed by atoms with E-state index in [1.165, 1.54) is 12.1 Å². The van der Waals surface area contributed by atoms with Crippen LogP contribution in [0.3, 0.4) is 0 Å². The first-order chi connectivity index (χ1) is 23.6. The highest BCUT2D eigenvalue weighted by atomic mass is 19.1. The fourth-order valence-electron chi connectivity index (χ4n) is 6.83. The third kappa shape index (κ3) is 9.33. The molecule has 2 aromatic carbocycles. The van der Waals surface area contributed by atoms with E-state index in [0.29, 0.717) is 48.9 Å². The maximum atomic E-state index is 13.3. The van der Waals surface area contributed by atoms with Crippen molar-refractivity contribution in [2.75, 3.05) is 43.0 Å². The summed E-state index contributed by atoms with van der Waals surface area (Å²) >= 11 is 0. The van der Waals surface area contributed by atoms with Crippen LogP contribution in [-0.4, -0.2) is 71.3 Å². The van der Waals surface area contributed by atoms with Gasteiger partial charge < -0.3 is 29.7 Å². The lowest BCUT2D eigenvalue weighted by Gasteiger charge is -2.41. The molecule has 0 spiro atoms. The van der Waals surface area contributed by atoms with E-state index in [9.17, 15) is 19.1 Å². The maximum absolute atomic E-state index is 13.3. The van der Waals surface area contributed by atoms with Crippen LogP contribution < -0.4 is 15.0 Å². The number of anilines is 2. The molecule has 1 unspecified atom stereocenters. The van der Waals surface area contributed by atoms with Crippen molar-refractivity contribution in [3.05, 3.63) is 71.2 Å². The zero-order valence-corrected chi connectivity index (χ0v) is 30.6. The fourth-order valence-corrected chi connectivity index (χ4v) is 6.83. The molecule has 1 amide bonds. The van der Waals surface area contributed by atoms with Crippen LogP contribution in [0.5, 0.6) is 5.75 Å². The number of aryl methyl sites for hydroxylation is 1. The van der Waals surface area contributed by atoms with Crippen LogP contribution >= 0.6 is 0 Å². The van der Waals surface area contributed by atoms with Crippen molar-refractivity contribution in [3.63, 3.8) is 0 Å². The van der Waals surface area contributed by atoms with E-state index in [4.69, 9.17) is 14.5 Å². The van der Waals surface area contributed by atoms with Crippen molar-refractivity contribution in [2.24, 2.45) is 5.41 Å². The average Bonchev–Trinajstić information content (AvgIpc) is 3.05. The van der Waals surface area contributed by atoms with Gasteiger partial charge in [0, 0.05) is 62.4 Å². The zero-order chi connectivity index (χ0) is 36.2. The predicted molar refractivity (Wildman–Crippen MR) is 195 cm³/mol. The largest absolute Gasteiger partial charge is 0.493 e. The van der Waals surface area contributed by atoms with Crippen LogP contribution in [-0.2, 0) is 20.7 Å². The molecule has 1 aromatic heterocycles. The number of halogens is 1. The summed E-state index contributed by atoms with van der Waals surface area (Å²) in [5.41, 5.74) is 4.17. The van der Waals surface area contributed by atoms with Crippen molar-refractivity contribution >= 4 is 23.4 Å². The summed E-state index contributed by atoms with van der Waals surface area (Å²) in [6.45, 7) is 16.9. The van der Waals surface area contributed by atoms with Crippen molar-refractivity contribution < 1.29 is 28.6 Å². The van der Waals surface area contributed by atoms with Gasteiger partial charge in [0.1, 0.15) is 17.4 Å². The van der Waals surface area contributed by atoms with Crippen molar-refractivity contribution in [2.45, 2.75) is 98.3 Å². The van der Waals surface area contributed by atoms with Gasteiger partial charge in [0.2, 0.25) is 5.91 Å². The van der Waals surface area contributed by atoms with Crippen LogP contribution in [0.25, 0.3) is 11.1 Å². The first kappa shape index (κ1) is 37.1. The summed E-state index contributed by atoms with van der Waals surface area (Å²) in [6, 6.07) is 14.4. The molecule has 270 valence electrons. The molecule has 0 saturated carbocycles. The molecule has 1 atom stereocenters. The highest BCUT2D eigenvalue weighted by Crippen LogP contribution is 2.47. The number of hydrogen-bond acceptors (Lipinski definition) is 7. The normalized spacial score (nSPS) is 17.4. The summed E-state index contributed by atoms with van der Waals surface area (Å²) in [4.78, 5) is 34.4. The highest BCUT2D eigenvalue weighted by molar-refractivity contribution is 5.92. The second-order valence-electron chi connectivity index (χ2n) is 15.5. The molecule has 2 N–H and O–H groups in total. The van der Waals surface area contributed by atoms with Crippen LogP contribution in [0.1, 0.15) is 90.2 Å². The number of carbonyl (C=O) groups excluding carboxylic acids is 1. The van der Waals surface area contributed by atoms with E-state index in [-0.39, 0.29) is 23.2 Å². The first-order valence-electron chi connectivity index (χ1n) is 17.8. The molecule has 10 heteroatoms. The van der Waals surface area contributed by atoms with Gasteiger partial charge in [-0.05, 0) is 94.2 Å². The van der Waals surface area contributed by atoms with Crippen molar-refractivity contribution in [3.8, 4) is 16.9 Å². The summed E-state index contributed by atoms with van der Waals surface area (Å²) in [5, 5.41) is 14.4. The monoisotopic (exact) mass is 688 g/mol. The van der Waals surface area contributed by atoms with E-state index in [1.807, 2.05) is 56.9 Å². The number of nitrogens with zero attached hydrogens (tertiary/aromatic N) is 3. The Bertz CT molecular complexity index is 1630. The second kappa shape index (κ2) is 15.4. The van der Waals surface area contributed by atoms with Gasteiger partial charge in [-0.25, -0.2) is 14.2 Å². The third-order valence-electron chi connectivity index (χ3n) is 9.79. The van der Waals surface area contributed by atoms with Gasteiger partial charge in [0.25, 0.3) is 0 Å². The molecule has 2 aliphatic rings. The lowest BCUT2D eigenvalue weighted by atomic mass is 9.82. The summed E-state index contributed by atoms with van der Waals surface area (Å²) < 4.78 is 25.7. The molecular weight excluding hydrogens is 635 g/mol. The zero-order valence-electron chi connectivity index (χ0n) is 30.6. The number of aliphatic carboxylic acids is 1. The topological polar surface area (TPSA) is 104 Å². The van der Waals surface area contributed by atoms with Gasteiger partial charge in [0.15, 0.2) is 6.10 Å².